The van der Waals surface area contributed by atoms with Crippen LogP contribution >= 0.6 is 11.6 Å². The van der Waals surface area contributed by atoms with Crippen LogP contribution in [0.3, 0.4) is 0 Å². The third-order valence-corrected chi connectivity index (χ3v) is 7.77. The van der Waals surface area contributed by atoms with Crippen molar-refractivity contribution in [1.29, 1.82) is 0 Å². The van der Waals surface area contributed by atoms with Crippen molar-refractivity contribution < 1.29 is 13.2 Å². The van der Waals surface area contributed by atoms with Gasteiger partial charge >= 0.3 is 0 Å². The molecule has 3 aromatic rings. The van der Waals surface area contributed by atoms with Crippen LogP contribution in [0, 0.1) is 6.92 Å². The summed E-state index contributed by atoms with van der Waals surface area (Å²) in [6, 6.07) is 21.1. The Balaban J connectivity index is 1.66. The molecule has 3 aromatic carbocycles. The molecule has 0 heterocycles. The van der Waals surface area contributed by atoms with Crippen molar-refractivity contribution in [3.63, 3.8) is 0 Å². The summed E-state index contributed by atoms with van der Waals surface area (Å²) < 4.78 is 28.2. The van der Waals surface area contributed by atoms with E-state index in [0.29, 0.717) is 16.3 Å². The second kappa shape index (κ2) is 9.35. The van der Waals surface area contributed by atoms with Gasteiger partial charge in [0.05, 0.1) is 16.6 Å². The zero-order chi connectivity index (χ0) is 22.7. The zero-order valence-electron chi connectivity index (χ0n) is 17.8. The quantitative estimate of drug-likeness (QED) is 0.551. The second-order valence-corrected chi connectivity index (χ2v) is 10.3. The van der Waals surface area contributed by atoms with Gasteiger partial charge in [-0.1, -0.05) is 60.1 Å². The number of hydrogen-bond acceptors (Lipinski definition) is 3. The van der Waals surface area contributed by atoms with Gasteiger partial charge in [0.2, 0.25) is 5.91 Å². The maximum Gasteiger partial charge on any atom is 0.264 e. The van der Waals surface area contributed by atoms with Gasteiger partial charge in [0.1, 0.15) is 6.54 Å². The number of sulfonamides is 1. The molecule has 0 fully saturated rings. The summed E-state index contributed by atoms with van der Waals surface area (Å²) in [4.78, 5) is 13.2. The molecular weight excluding hydrogens is 444 g/mol. The summed E-state index contributed by atoms with van der Waals surface area (Å²) in [5.41, 5.74) is 3.43. The fraction of sp³-hybridized carbons (Fsp3) is 0.240. The summed E-state index contributed by atoms with van der Waals surface area (Å²) in [6.45, 7) is 1.46. The van der Waals surface area contributed by atoms with Crippen molar-refractivity contribution in [3.05, 3.63) is 94.5 Å². The topological polar surface area (TPSA) is 66.5 Å². The number of rotatable bonds is 6. The molecular formula is C25H25ClN2O3S. The maximum absolute atomic E-state index is 13.5. The molecule has 4 rings (SSSR count). The van der Waals surface area contributed by atoms with Crippen LogP contribution in [0.5, 0.6) is 0 Å². The lowest BCUT2D eigenvalue weighted by Crippen LogP contribution is -2.42. The van der Waals surface area contributed by atoms with Crippen molar-refractivity contribution in [1.82, 2.24) is 5.32 Å². The van der Waals surface area contributed by atoms with Gasteiger partial charge in [-0.2, -0.15) is 0 Å². The Kier molecular flexibility index (Phi) is 6.53. The number of nitrogens with zero attached hydrogens (tertiary/aromatic N) is 1. The Hall–Kier alpha value is -2.83. The van der Waals surface area contributed by atoms with Gasteiger partial charge in [-0.15, -0.1) is 0 Å². The van der Waals surface area contributed by atoms with Gasteiger partial charge in [0, 0.05) is 5.02 Å². The van der Waals surface area contributed by atoms with Gasteiger partial charge in [0.25, 0.3) is 10.0 Å². The molecule has 0 unspecified atom stereocenters. The minimum atomic E-state index is -3.98. The molecule has 1 aliphatic rings. The predicted molar refractivity (Wildman–Crippen MR) is 127 cm³/mol. The van der Waals surface area contributed by atoms with E-state index in [1.807, 2.05) is 18.2 Å². The highest BCUT2D eigenvalue weighted by molar-refractivity contribution is 7.92. The van der Waals surface area contributed by atoms with E-state index in [0.717, 1.165) is 29.1 Å². The van der Waals surface area contributed by atoms with Gasteiger partial charge in [0.15, 0.2) is 0 Å². The monoisotopic (exact) mass is 468 g/mol. The lowest BCUT2D eigenvalue weighted by molar-refractivity contribution is -0.120. The van der Waals surface area contributed by atoms with Crippen LogP contribution in [0.15, 0.2) is 77.7 Å². The number of fused-ring (bicyclic) bond motifs is 1. The van der Waals surface area contributed by atoms with E-state index in [2.05, 4.69) is 11.4 Å². The molecule has 0 spiro atoms. The lowest BCUT2D eigenvalue weighted by atomic mass is 9.88. The summed E-state index contributed by atoms with van der Waals surface area (Å²) in [5.74, 6) is -0.356. The third kappa shape index (κ3) is 4.66. The predicted octanol–water partition coefficient (Wildman–Crippen LogP) is 5.04. The fourth-order valence-corrected chi connectivity index (χ4v) is 5.81. The number of carbonyl (C=O) groups excluding carboxylic acids is 1. The Morgan fingerprint density at radius 3 is 2.56 bits per heavy atom. The highest BCUT2D eigenvalue weighted by Crippen LogP contribution is 2.31. The molecule has 1 atom stereocenters. The molecule has 0 radical (unpaired) electrons. The number of anilines is 1. The van der Waals surface area contributed by atoms with Crippen molar-refractivity contribution in [3.8, 4) is 0 Å². The van der Waals surface area contributed by atoms with E-state index in [-0.39, 0.29) is 23.4 Å². The number of hydrogen-bond donors (Lipinski definition) is 1. The van der Waals surface area contributed by atoms with E-state index >= 15 is 0 Å². The summed E-state index contributed by atoms with van der Waals surface area (Å²) in [6.07, 6.45) is 2.78. The minimum Gasteiger partial charge on any atom is -0.348 e. The van der Waals surface area contributed by atoms with Crippen LogP contribution < -0.4 is 9.62 Å². The van der Waals surface area contributed by atoms with E-state index in [1.165, 1.54) is 17.7 Å². The molecule has 1 N–H and O–H groups in total. The Bertz CT molecular complexity index is 1230. The highest BCUT2D eigenvalue weighted by atomic mass is 35.5. The van der Waals surface area contributed by atoms with Gasteiger partial charge in [-0.25, -0.2) is 8.42 Å². The fourth-order valence-electron chi connectivity index (χ4n) is 4.14. The van der Waals surface area contributed by atoms with E-state index < -0.39 is 10.0 Å². The van der Waals surface area contributed by atoms with Gasteiger partial charge in [-0.05, 0) is 67.1 Å². The molecule has 5 nitrogen and oxygen atoms in total. The van der Waals surface area contributed by atoms with Crippen molar-refractivity contribution >= 4 is 33.2 Å². The lowest BCUT2D eigenvalue weighted by Gasteiger charge is -2.29. The van der Waals surface area contributed by atoms with Crippen LogP contribution in [0.25, 0.3) is 0 Å². The number of aryl methyl sites for hydroxylation is 2. The first-order valence-corrected chi connectivity index (χ1v) is 12.4. The van der Waals surface area contributed by atoms with Crippen LogP contribution in [0.2, 0.25) is 5.02 Å². The second-order valence-electron chi connectivity index (χ2n) is 7.97. The molecule has 0 bridgehead atoms. The van der Waals surface area contributed by atoms with Gasteiger partial charge in [-0.3, -0.25) is 9.10 Å². The SMILES string of the molecule is Cc1ccc(Cl)cc1N(CC(=O)N[C@@H]1CCCc2ccccc21)S(=O)(=O)c1ccccc1. The van der Waals surface area contributed by atoms with E-state index in [9.17, 15) is 13.2 Å². The largest absolute Gasteiger partial charge is 0.348 e. The smallest absolute Gasteiger partial charge is 0.264 e. The summed E-state index contributed by atoms with van der Waals surface area (Å²) >= 11 is 6.18. The van der Waals surface area contributed by atoms with E-state index in [4.69, 9.17) is 11.6 Å². The molecule has 0 saturated carbocycles. The summed E-state index contributed by atoms with van der Waals surface area (Å²) in [7, 11) is -3.98. The van der Waals surface area contributed by atoms with Crippen molar-refractivity contribution in [2.45, 2.75) is 37.1 Å². The summed E-state index contributed by atoms with van der Waals surface area (Å²) in [5, 5.41) is 3.46. The molecule has 1 aliphatic carbocycles. The first kappa shape index (κ1) is 22.4. The normalized spacial score (nSPS) is 15.6. The molecule has 0 aliphatic heterocycles. The van der Waals surface area contributed by atoms with Crippen LogP contribution in [-0.4, -0.2) is 20.9 Å². The Morgan fingerprint density at radius 1 is 1.06 bits per heavy atom. The Morgan fingerprint density at radius 2 is 1.78 bits per heavy atom. The molecule has 0 aromatic heterocycles. The van der Waals surface area contributed by atoms with Crippen LogP contribution in [-0.2, 0) is 21.2 Å². The Labute approximate surface area is 194 Å². The van der Waals surface area contributed by atoms with Gasteiger partial charge < -0.3 is 5.32 Å². The molecule has 0 saturated heterocycles. The van der Waals surface area contributed by atoms with Crippen molar-refractivity contribution in [2.75, 3.05) is 10.8 Å². The van der Waals surface area contributed by atoms with Crippen molar-refractivity contribution in [2.24, 2.45) is 0 Å². The number of benzene rings is 3. The molecule has 166 valence electrons. The zero-order valence-corrected chi connectivity index (χ0v) is 19.4. The third-order valence-electron chi connectivity index (χ3n) is 5.76. The maximum atomic E-state index is 13.5. The van der Waals surface area contributed by atoms with Crippen LogP contribution in [0.4, 0.5) is 5.69 Å². The van der Waals surface area contributed by atoms with Crippen LogP contribution in [0.1, 0.15) is 35.6 Å². The minimum absolute atomic E-state index is 0.121. The van der Waals surface area contributed by atoms with E-state index in [1.54, 1.807) is 43.3 Å². The average molecular weight is 469 g/mol. The molecule has 7 heteroatoms. The molecule has 1 amide bonds. The number of nitrogens with one attached hydrogen (secondary N) is 1. The number of carbonyl (C=O) groups is 1. The molecule has 32 heavy (non-hydrogen) atoms. The average Bonchev–Trinajstić information content (AvgIpc) is 2.80. The first-order chi connectivity index (χ1) is 15.4. The highest BCUT2D eigenvalue weighted by Gasteiger charge is 2.30. The number of amides is 1. The first-order valence-electron chi connectivity index (χ1n) is 10.6. The number of halogens is 1. The standard InChI is InChI=1S/C25H25ClN2O3S/c1-18-14-15-20(26)16-24(18)28(32(30,31)21-10-3-2-4-11-21)17-25(29)27-23-13-7-9-19-8-5-6-12-22(19)23/h2-6,8,10-12,14-16,23H,7,9,13,17H2,1H3,(H,27,29)/t23-/m1/s1.